The smallest absolute Gasteiger partial charge is 0.366 e. The first-order chi connectivity index (χ1) is 15.5. The van der Waals surface area contributed by atoms with Crippen LogP contribution in [0.15, 0.2) is 48.2 Å². The van der Waals surface area contributed by atoms with Crippen molar-refractivity contribution in [1.82, 2.24) is 4.90 Å². The number of carbonyl (C=O) groups is 2. The van der Waals surface area contributed by atoms with E-state index in [1.165, 1.54) is 12.1 Å². The van der Waals surface area contributed by atoms with Crippen molar-refractivity contribution in [3.8, 4) is 0 Å². The second kappa shape index (κ2) is 8.36. The van der Waals surface area contributed by atoms with Gasteiger partial charge in [0.2, 0.25) is 0 Å². The highest BCUT2D eigenvalue weighted by molar-refractivity contribution is 6.45. The standard InChI is InChI=1S/C26H27F3N2O2/c1-15-5-10-21(18(4)12-15)22-23(30-13-16(2)11-17(3)14-30)25(33)31(24(22)32)20-8-6-19(7-9-20)26(27,28)29/h5-10,12,16-17H,11,13-14H2,1-4H3. The Hall–Kier alpha value is -3.09. The number of hydrogen-bond acceptors (Lipinski definition) is 3. The van der Waals surface area contributed by atoms with Crippen LogP contribution < -0.4 is 4.90 Å². The molecule has 0 radical (unpaired) electrons. The highest BCUT2D eigenvalue weighted by Gasteiger charge is 2.44. The lowest BCUT2D eigenvalue weighted by Crippen LogP contribution is -2.42. The normalized spacial score (nSPS) is 21.9. The molecular weight excluding hydrogens is 429 g/mol. The van der Waals surface area contributed by atoms with Crippen molar-refractivity contribution in [3.63, 3.8) is 0 Å². The van der Waals surface area contributed by atoms with Gasteiger partial charge in [-0.25, -0.2) is 4.90 Å². The third-order valence-electron chi connectivity index (χ3n) is 6.35. The summed E-state index contributed by atoms with van der Waals surface area (Å²) in [5.41, 5.74) is 2.55. The van der Waals surface area contributed by atoms with E-state index in [0.717, 1.165) is 34.6 Å². The SMILES string of the molecule is Cc1ccc(C2=C(N3CC(C)CC(C)C3)C(=O)N(c3ccc(C(F)(F)F)cc3)C2=O)c(C)c1. The number of likely N-dealkylation sites (tertiary alicyclic amines) is 1. The summed E-state index contributed by atoms with van der Waals surface area (Å²) in [6.45, 7) is 9.38. The first kappa shape index (κ1) is 23.1. The molecule has 4 rings (SSSR count). The van der Waals surface area contributed by atoms with Crippen molar-refractivity contribution < 1.29 is 22.8 Å². The zero-order valence-electron chi connectivity index (χ0n) is 19.2. The lowest BCUT2D eigenvalue weighted by atomic mass is 9.90. The molecule has 33 heavy (non-hydrogen) atoms. The number of rotatable bonds is 3. The lowest BCUT2D eigenvalue weighted by molar-refractivity contribution is -0.137. The molecule has 1 saturated heterocycles. The van der Waals surface area contributed by atoms with E-state index < -0.39 is 23.6 Å². The Kier molecular flexibility index (Phi) is 5.85. The van der Waals surface area contributed by atoms with E-state index >= 15 is 0 Å². The first-order valence-electron chi connectivity index (χ1n) is 11.1. The van der Waals surface area contributed by atoms with E-state index in [9.17, 15) is 22.8 Å². The molecule has 0 aromatic heterocycles. The number of benzene rings is 2. The molecule has 0 spiro atoms. The summed E-state index contributed by atoms with van der Waals surface area (Å²) < 4.78 is 39.1. The van der Waals surface area contributed by atoms with Gasteiger partial charge in [0.05, 0.1) is 16.8 Å². The highest BCUT2D eigenvalue weighted by Crippen LogP contribution is 2.39. The fourth-order valence-corrected chi connectivity index (χ4v) is 5.03. The molecule has 7 heteroatoms. The average Bonchev–Trinajstić information content (AvgIpc) is 2.97. The number of anilines is 1. The maximum atomic E-state index is 13.7. The first-order valence-corrected chi connectivity index (χ1v) is 11.1. The van der Waals surface area contributed by atoms with Crippen LogP contribution >= 0.6 is 0 Å². The van der Waals surface area contributed by atoms with Gasteiger partial charge in [-0.05, 0) is 67.5 Å². The van der Waals surface area contributed by atoms with Crippen molar-refractivity contribution >= 4 is 23.1 Å². The molecule has 2 aliphatic rings. The minimum atomic E-state index is -4.49. The topological polar surface area (TPSA) is 40.6 Å². The summed E-state index contributed by atoms with van der Waals surface area (Å²) in [7, 11) is 0. The van der Waals surface area contributed by atoms with Gasteiger partial charge >= 0.3 is 6.18 Å². The maximum Gasteiger partial charge on any atom is 0.416 e. The largest absolute Gasteiger partial charge is 0.416 e. The summed E-state index contributed by atoms with van der Waals surface area (Å²) in [5.74, 6) is -0.294. The fraction of sp³-hybridized carbons (Fsp3) is 0.385. The molecule has 174 valence electrons. The van der Waals surface area contributed by atoms with Crippen LogP contribution in [0.1, 0.15) is 42.5 Å². The summed E-state index contributed by atoms with van der Waals surface area (Å²) in [6, 6.07) is 9.86. The molecule has 0 saturated carbocycles. The second-order valence-electron chi connectivity index (χ2n) is 9.38. The van der Waals surface area contributed by atoms with Crippen LogP contribution in [-0.2, 0) is 15.8 Å². The van der Waals surface area contributed by atoms with Gasteiger partial charge in [0.15, 0.2) is 0 Å². The quantitative estimate of drug-likeness (QED) is 0.566. The molecular formula is C26H27F3N2O2. The van der Waals surface area contributed by atoms with Gasteiger partial charge in [0, 0.05) is 13.1 Å². The van der Waals surface area contributed by atoms with Crippen LogP contribution in [0, 0.1) is 25.7 Å². The van der Waals surface area contributed by atoms with Crippen molar-refractivity contribution in [2.45, 2.75) is 40.3 Å². The molecule has 2 unspecified atom stereocenters. The van der Waals surface area contributed by atoms with Crippen molar-refractivity contribution in [2.75, 3.05) is 18.0 Å². The second-order valence-corrected chi connectivity index (χ2v) is 9.38. The Labute approximate surface area is 191 Å². The Morgan fingerprint density at radius 1 is 0.879 bits per heavy atom. The maximum absolute atomic E-state index is 13.7. The van der Waals surface area contributed by atoms with Gasteiger partial charge in [-0.15, -0.1) is 0 Å². The predicted octanol–water partition coefficient (Wildman–Crippen LogP) is 5.58. The lowest BCUT2D eigenvalue weighted by Gasteiger charge is -2.37. The molecule has 2 amide bonds. The number of carbonyl (C=O) groups excluding carboxylic acids is 2. The molecule has 1 fully saturated rings. The van der Waals surface area contributed by atoms with Crippen molar-refractivity contribution in [2.24, 2.45) is 11.8 Å². The van der Waals surface area contributed by atoms with E-state index in [1.54, 1.807) is 0 Å². The molecule has 2 aromatic rings. The molecule has 4 nitrogen and oxygen atoms in total. The summed E-state index contributed by atoms with van der Waals surface area (Å²) in [4.78, 5) is 30.3. The van der Waals surface area contributed by atoms with Gasteiger partial charge in [-0.2, -0.15) is 13.2 Å². The summed E-state index contributed by atoms with van der Waals surface area (Å²) in [5, 5.41) is 0. The number of hydrogen-bond donors (Lipinski definition) is 0. The third kappa shape index (κ3) is 4.28. The summed E-state index contributed by atoms with van der Waals surface area (Å²) >= 11 is 0. The van der Waals surface area contributed by atoms with E-state index in [0.29, 0.717) is 41.8 Å². The van der Waals surface area contributed by atoms with E-state index in [1.807, 2.05) is 36.9 Å². The van der Waals surface area contributed by atoms with Crippen LogP contribution in [0.5, 0.6) is 0 Å². The van der Waals surface area contributed by atoms with Gasteiger partial charge < -0.3 is 4.90 Å². The minimum Gasteiger partial charge on any atom is -0.366 e. The average molecular weight is 457 g/mol. The van der Waals surface area contributed by atoms with Crippen molar-refractivity contribution in [3.05, 3.63) is 70.4 Å². The Morgan fingerprint density at radius 3 is 2.03 bits per heavy atom. The molecule has 0 aliphatic carbocycles. The van der Waals surface area contributed by atoms with E-state index in [2.05, 4.69) is 13.8 Å². The van der Waals surface area contributed by atoms with Gasteiger partial charge in [-0.1, -0.05) is 37.6 Å². The van der Waals surface area contributed by atoms with Crippen LogP contribution in [0.25, 0.3) is 5.57 Å². The predicted molar refractivity (Wildman–Crippen MR) is 121 cm³/mol. The number of piperidine rings is 1. The molecule has 2 aliphatic heterocycles. The molecule has 0 bridgehead atoms. The minimum absolute atomic E-state index is 0.133. The Bertz CT molecular complexity index is 1130. The molecule has 2 atom stereocenters. The van der Waals surface area contributed by atoms with Crippen molar-refractivity contribution in [1.29, 1.82) is 0 Å². The van der Waals surface area contributed by atoms with Crippen LogP contribution in [-0.4, -0.2) is 29.8 Å². The highest BCUT2D eigenvalue weighted by atomic mass is 19.4. The molecule has 2 heterocycles. The van der Waals surface area contributed by atoms with Gasteiger partial charge in [0.25, 0.3) is 11.8 Å². The number of halogens is 3. The van der Waals surface area contributed by atoms with E-state index in [-0.39, 0.29) is 5.69 Å². The fourth-order valence-electron chi connectivity index (χ4n) is 5.03. The number of amides is 2. The van der Waals surface area contributed by atoms with Gasteiger partial charge in [-0.3, -0.25) is 9.59 Å². The Morgan fingerprint density at radius 2 is 1.48 bits per heavy atom. The molecule has 0 N–H and O–H groups in total. The number of nitrogens with zero attached hydrogens (tertiary/aromatic N) is 2. The van der Waals surface area contributed by atoms with Crippen LogP contribution in [0.3, 0.4) is 0 Å². The number of aryl methyl sites for hydroxylation is 2. The van der Waals surface area contributed by atoms with E-state index in [4.69, 9.17) is 0 Å². The van der Waals surface area contributed by atoms with Crippen LogP contribution in [0.2, 0.25) is 0 Å². The zero-order chi connectivity index (χ0) is 24.1. The number of alkyl halides is 3. The van der Waals surface area contributed by atoms with Gasteiger partial charge in [0.1, 0.15) is 5.70 Å². The molecule has 2 aromatic carbocycles. The number of imide groups is 1. The summed E-state index contributed by atoms with van der Waals surface area (Å²) in [6.07, 6.45) is -3.46. The zero-order valence-corrected chi connectivity index (χ0v) is 19.2. The Balaban J connectivity index is 1.82. The van der Waals surface area contributed by atoms with Crippen LogP contribution in [0.4, 0.5) is 18.9 Å². The monoisotopic (exact) mass is 456 g/mol. The third-order valence-corrected chi connectivity index (χ3v) is 6.35.